The lowest BCUT2D eigenvalue weighted by Gasteiger charge is -2.12. The van der Waals surface area contributed by atoms with E-state index in [-0.39, 0.29) is 5.15 Å². The molecule has 1 heterocycles. The maximum atomic E-state index is 12.8. The maximum Gasteiger partial charge on any atom is 0.301 e. The highest BCUT2D eigenvalue weighted by Gasteiger charge is 2.31. The molecule has 66 valence electrons. The van der Waals surface area contributed by atoms with Gasteiger partial charge in [-0.2, -0.15) is 8.78 Å². The van der Waals surface area contributed by atoms with Crippen molar-refractivity contribution in [2.24, 2.45) is 5.73 Å². The van der Waals surface area contributed by atoms with Gasteiger partial charge in [0.15, 0.2) is 0 Å². The van der Waals surface area contributed by atoms with Gasteiger partial charge in [-0.1, -0.05) is 17.7 Å². The highest BCUT2D eigenvalue weighted by Crippen LogP contribution is 2.25. The van der Waals surface area contributed by atoms with Crippen LogP contribution >= 0.6 is 11.6 Å². The van der Waals surface area contributed by atoms with Crippen LogP contribution in [0.15, 0.2) is 18.2 Å². The molecule has 0 spiro atoms. The number of halogens is 3. The van der Waals surface area contributed by atoms with Crippen molar-refractivity contribution in [1.82, 2.24) is 4.98 Å². The Morgan fingerprint density at radius 2 is 2.17 bits per heavy atom. The van der Waals surface area contributed by atoms with Crippen molar-refractivity contribution in [2.75, 3.05) is 6.54 Å². The van der Waals surface area contributed by atoms with Gasteiger partial charge >= 0.3 is 5.92 Å². The fraction of sp³-hybridized carbons (Fsp3) is 0.286. The molecule has 1 rings (SSSR count). The minimum Gasteiger partial charge on any atom is -0.325 e. The van der Waals surface area contributed by atoms with Crippen LogP contribution in [-0.4, -0.2) is 11.5 Å². The smallest absolute Gasteiger partial charge is 0.301 e. The summed E-state index contributed by atoms with van der Waals surface area (Å²) in [6, 6.07) is 4.03. The van der Waals surface area contributed by atoms with E-state index in [2.05, 4.69) is 4.98 Å². The number of hydrogen-bond acceptors (Lipinski definition) is 2. The molecule has 1 aromatic heterocycles. The lowest BCUT2D eigenvalue weighted by Crippen LogP contribution is -2.26. The zero-order valence-corrected chi connectivity index (χ0v) is 6.85. The predicted molar refractivity (Wildman–Crippen MR) is 42.2 cm³/mol. The van der Waals surface area contributed by atoms with Gasteiger partial charge in [-0.15, -0.1) is 0 Å². The van der Waals surface area contributed by atoms with E-state index < -0.39 is 18.2 Å². The molecule has 0 saturated carbocycles. The third-order valence-corrected chi connectivity index (χ3v) is 1.56. The van der Waals surface area contributed by atoms with E-state index in [1.165, 1.54) is 18.2 Å². The molecule has 0 aromatic carbocycles. The number of aromatic nitrogens is 1. The Labute approximate surface area is 73.4 Å². The first-order valence-electron chi connectivity index (χ1n) is 3.27. The van der Waals surface area contributed by atoms with Crippen molar-refractivity contribution in [2.45, 2.75) is 5.92 Å². The third kappa shape index (κ3) is 1.89. The summed E-state index contributed by atoms with van der Waals surface area (Å²) in [6.07, 6.45) is 0. The van der Waals surface area contributed by atoms with Gasteiger partial charge in [0, 0.05) is 0 Å². The van der Waals surface area contributed by atoms with Crippen molar-refractivity contribution in [3.63, 3.8) is 0 Å². The summed E-state index contributed by atoms with van der Waals surface area (Å²) in [5, 5.41) is 0.0422. The summed E-state index contributed by atoms with van der Waals surface area (Å²) < 4.78 is 25.6. The number of alkyl halides is 2. The van der Waals surface area contributed by atoms with Crippen molar-refractivity contribution < 1.29 is 8.78 Å². The van der Waals surface area contributed by atoms with E-state index in [1.54, 1.807) is 0 Å². The molecule has 0 atom stereocenters. The summed E-state index contributed by atoms with van der Waals surface area (Å²) in [6.45, 7) is -0.764. The second-order valence-electron chi connectivity index (χ2n) is 2.25. The normalized spacial score (nSPS) is 11.7. The molecule has 5 heteroatoms. The largest absolute Gasteiger partial charge is 0.325 e. The molecule has 2 N–H and O–H groups in total. The summed E-state index contributed by atoms with van der Waals surface area (Å²) in [7, 11) is 0. The lowest BCUT2D eigenvalue weighted by atomic mass is 10.2. The average Bonchev–Trinajstić information content (AvgIpc) is 2.05. The minimum absolute atomic E-state index is 0.0422. The first-order valence-corrected chi connectivity index (χ1v) is 3.65. The maximum absolute atomic E-state index is 12.8. The van der Waals surface area contributed by atoms with Crippen LogP contribution in [0.1, 0.15) is 5.69 Å². The molecule has 12 heavy (non-hydrogen) atoms. The molecule has 0 saturated heterocycles. The molecule has 0 aliphatic carbocycles. The van der Waals surface area contributed by atoms with Gasteiger partial charge < -0.3 is 5.73 Å². The van der Waals surface area contributed by atoms with Crippen LogP contribution in [0, 0.1) is 0 Å². The number of nitrogens with two attached hydrogens (primary N) is 1. The quantitative estimate of drug-likeness (QED) is 0.726. The monoisotopic (exact) mass is 192 g/mol. The Bertz CT molecular complexity index is 278. The molecule has 0 fully saturated rings. The molecule has 0 aliphatic heterocycles. The minimum atomic E-state index is -3.09. The standard InChI is InChI=1S/C7H7ClF2N2/c8-6-3-1-2-5(12-6)7(9,10)4-11/h1-3H,4,11H2. The van der Waals surface area contributed by atoms with E-state index in [4.69, 9.17) is 17.3 Å². The first kappa shape index (κ1) is 9.35. The van der Waals surface area contributed by atoms with Crippen molar-refractivity contribution in [1.29, 1.82) is 0 Å². The topological polar surface area (TPSA) is 38.9 Å². The molecular weight excluding hydrogens is 186 g/mol. The van der Waals surface area contributed by atoms with Gasteiger partial charge in [0.2, 0.25) is 0 Å². The fourth-order valence-corrected chi connectivity index (χ4v) is 0.880. The summed E-state index contributed by atoms with van der Waals surface area (Å²) in [5.74, 6) is -3.09. The van der Waals surface area contributed by atoms with Crippen molar-refractivity contribution >= 4 is 11.6 Å². The second-order valence-corrected chi connectivity index (χ2v) is 2.64. The van der Waals surface area contributed by atoms with Gasteiger partial charge in [0.1, 0.15) is 10.8 Å². The molecule has 2 nitrogen and oxygen atoms in total. The van der Waals surface area contributed by atoms with E-state index in [1.807, 2.05) is 0 Å². The van der Waals surface area contributed by atoms with E-state index in [0.29, 0.717) is 0 Å². The van der Waals surface area contributed by atoms with Crippen LogP contribution in [0.5, 0.6) is 0 Å². The molecular formula is C7H7ClF2N2. The number of nitrogens with zero attached hydrogens (tertiary/aromatic N) is 1. The van der Waals surface area contributed by atoms with E-state index >= 15 is 0 Å². The molecule has 0 bridgehead atoms. The van der Waals surface area contributed by atoms with E-state index in [0.717, 1.165) is 0 Å². The zero-order valence-electron chi connectivity index (χ0n) is 6.10. The summed E-state index contributed by atoms with van der Waals surface area (Å²) in [4.78, 5) is 3.45. The number of hydrogen-bond donors (Lipinski definition) is 1. The molecule has 1 aromatic rings. The summed E-state index contributed by atoms with van der Waals surface area (Å²) in [5.41, 5.74) is 4.46. The van der Waals surface area contributed by atoms with Gasteiger partial charge in [0.25, 0.3) is 0 Å². The zero-order chi connectivity index (χ0) is 9.19. The molecule has 0 radical (unpaired) electrons. The highest BCUT2D eigenvalue weighted by atomic mass is 35.5. The Morgan fingerprint density at radius 3 is 2.67 bits per heavy atom. The Kier molecular flexibility index (Phi) is 2.59. The first-order chi connectivity index (χ1) is 5.56. The van der Waals surface area contributed by atoms with Crippen molar-refractivity contribution in [3.05, 3.63) is 29.0 Å². The van der Waals surface area contributed by atoms with Gasteiger partial charge in [-0.05, 0) is 12.1 Å². The molecule has 0 aliphatic rings. The van der Waals surface area contributed by atoms with Crippen LogP contribution in [0.3, 0.4) is 0 Å². The van der Waals surface area contributed by atoms with Crippen LogP contribution in [0.2, 0.25) is 5.15 Å². The Hall–Kier alpha value is -0.740. The Balaban J connectivity index is 3.03. The Morgan fingerprint density at radius 1 is 1.50 bits per heavy atom. The summed E-state index contributed by atoms with van der Waals surface area (Å²) >= 11 is 5.42. The average molecular weight is 193 g/mol. The van der Waals surface area contributed by atoms with Gasteiger partial charge in [-0.25, -0.2) is 4.98 Å². The highest BCUT2D eigenvalue weighted by molar-refractivity contribution is 6.29. The van der Waals surface area contributed by atoms with Crippen LogP contribution in [0.4, 0.5) is 8.78 Å². The third-order valence-electron chi connectivity index (χ3n) is 1.35. The van der Waals surface area contributed by atoms with Crippen LogP contribution in [0.25, 0.3) is 0 Å². The second kappa shape index (κ2) is 3.33. The molecule has 0 unspecified atom stereocenters. The van der Waals surface area contributed by atoms with Gasteiger partial charge in [0.05, 0.1) is 6.54 Å². The number of pyridine rings is 1. The molecule has 0 amide bonds. The SMILES string of the molecule is NCC(F)(F)c1cccc(Cl)n1. The van der Waals surface area contributed by atoms with Crippen LogP contribution in [-0.2, 0) is 5.92 Å². The number of rotatable bonds is 2. The fourth-order valence-electron chi connectivity index (χ4n) is 0.717. The van der Waals surface area contributed by atoms with E-state index in [9.17, 15) is 8.78 Å². The van der Waals surface area contributed by atoms with Crippen molar-refractivity contribution in [3.8, 4) is 0 Å². The lowest BCUT2D eigenvalue weighted by molar-refractivity contribution is 0.00140. The van der Waals surface area contributed by atoms with Crippen LogP contribution < -0.4 is 5.73 Å². The predicted octanol–water partition coefficient (Wildman–Crippen LogP) is 1.79. The van der Waals surface area contributed by atoms with Gasteiger partial charge in [-0.3, -0.25) is 0 Å².